The maximum atomic E-state index is 11.1. The largest absolute Gasteiger partial charge is 0.468 e. The van der Waals surface area contributed by atoms with Crippen LogP contribution in [0.1, 0.15) is 53.4 Å². The third-order valence-electron chi connectivity index (χ3n) is 3.50. The molecule has 0 N–H and O–H groups in total. The summed E-state index contributed by atoms with van der Waals surface area (Å²) in [6, 6.07) is 0. The van der Waals surface area contributed by atoms with Gasteiger partial charge in [0.05, 0.1) is 13.7 Å². The van der Waals surface area contributed by atoms with E-state index in [1.165, 1.54) is 23.8 Å². The van der Waals surface area contributed by atoms with Crippen molar-refractivity contribution in [2.24, 2.45) is 0 Å². The first-order chi connectivity index (χ1) is 10.3. The zero-order valence-electron chi connectivity index (χ0n) is 15.2. The quantitative estimate of drug-likeness (QED) is 0.439. The Bertz CT molecular complexity index is 415. The van der Waals surface area contributed by atoms with Crippen molar-refractivity contribution in [2.75, 3.05) is 27.2 Å². The molecule has 0 amide bonds. The van der Waals surface area contributed by atoms with Crippen LogP contribution in [0.15, 0.2) is 34.9 Å². The summed E-state index contributed by atoms with van der Waals surface area (Å²) >= 11 is 0. The highest BCUT2D eigenvalue weighted by Crippen LogP contribution is 2.11. The normalized spacial score (nSPS) is 12.5. The highest BCUT2D eigenvalue weighted by Gasteiger charge is 2.04. The van der Waals surface area contributed by atoms with E-state index in [2.05, 4.69) is 50.7 Å². The lowest BCUT2D eigenvalue weighted by Gasteiger charge is -2.12. The van der Waals surface area contributed by atoms with Gasteiger partial charge in [-0.05, 0) is 60.4 Å². The molecular weight excluding hydrogens is 274 g/mol. The van der Waals surface area contributed by atoms with Crippen molar-refractivity contribution in [1.29, 1.82) is 0 Å². The lowest BCUT2D eigenvalue weighted by Crippen LogP contribution is -2.26. The molecule has 0 fully saturated rings. The third-order valence-corrected chi connectivity index (χ3v) is 3.50. The minimum absolute atomic E-state index is 0.191. The molecule has 0 aromatic heterocycles. The van der Waals surface area contributed by atoms with Crippen LogP contribution in [0.5, 0.6) is 0 Å². The predicted molar refractivity (Wildman–Crippen MR) is 94.9 cm³/mol. The molecule has 22 heavy (non-hydrogen) atoms. The summed E-state index contributed by atoms with van der Waals surface area (Å²) < 4.78 is 4.65. The van der Waals surface area contributed by atoms with E-state index in [0.29, 0.717) is 6.54 Å². The summed E-state index contributed by atoms with van der Waals surface area (Å²) in [7, 11) is 3.34. The SMILES string of the molecule is COC(=O)CN(C)CC=C(C)CCC=C(C)CCC=C(C)C. The highest BCUT2D eigenvalue weighted by atomic mass is 16.5. The molecule has 0 heterocycles. The first-order valence-electron chi connectivity index (χ1n) is 8.05. The van der Waals surface area contributed by atoms with Crippen LogP contribution in [0.4, 0.5) is 0 Å². The second-order valence-corrected chi connectivity index (χ2v) is 6.23. The average Bonchev–Trinajstić information content (AvgIpc) is 2.44. The number of esters is 1. The van der Waals surface area contributed by atoms with Crippen LogP contribution in [-0.4, -0.2) is 38.1 Å². The van der Waals surface area contributed by atoms with E-state index < -0.39 is 0 Å². The van der Waals surface area contributed by atoms with E-state index in [-0.39, 0.29) is 5.97 Å². The van der Waals surface area contributed by atoms with Crippen LogP contribution in [0.3, 0.4) is 0 Å². The van der Waals surface area contributed by atoms with Crippen molar-refractivity contribution in [1.82, 2.24) is 4.90 Å². The fourth-order valence-corrected chi connectivity index (χ4v) is 2.00. The number of hydrogen-bond donors (Lipinski definition) is 0. The molecule has 0 saturated heterocycles. The standard InChI is InChI=1S/C19H33NO2/c1-16(2)9-7-10-17(3)11-8-12-18(4)13-14-20(5)15-19(21)22-6/h9,11,13H,7-8,10,12,14-15H2,1-6H3. The van der Waals surface area contributed by atoms with E-state index >= 15 is 0 Å². The molecule has 126 valence electrons. The average molecular weight is 307 g/mol. The summed E-state index contributed by atoms with van der Waals surface area (Å²) in [5.41, 5.74) is 4.22. The van der Waals surface area contributed by atoms with Crippen molar-refractivity contribution in [3.05, 3.63) is 34.9 Å². The molecule has 0 saturated carbocycles. The zero-order valence-corrected chi connectivity index (χ0v) is 15.2. The third kappa shape index (κ3) is 12.4. The predicted octanol–water partition coefficient (Wildman–Crippen LogP) is 4.51. The van der Waals surface area contributed by atoms with Gasteiger partial charge in [0.1, 0.15) is 0 Å². The molecule has 0 unspecified atom stereocenters. The molecule has 0 rings (SSSR count). The number of allylic oxidation sites excluding steroid dienone is 5. The van der Waals surface area contributed by atoms with Crippen molar-refractivity contribution < 1.29 is 9.53 Å². The van der Waals surface area contributed by atoms with Gasteiger partial charge in [0.25, 0.3) is 0 Å². The maximum absolute atomic E-state index is 11.1. The smallest absolute Gasteiger partial charge is 0.319 e. The molecule has 0 aromatic rings. The maximum Gasteiger partial charge on any atom is 0.319 e. The van der Waals surface area contributed by atoms with Crippen LogP contribution in [-0.2, 0) is 9.53 Å². The molecular formula is C19H33NO2. The Hall–Kier alpha value is -1.35. The topological polar surface area (TPSA) is 29.5 Å². The fourth-order valence-electron chi connectivity index (χ4n) is 2.00. The molecule has 0 aromatic carbocycles. The van der Waals surface area contributed by atoms with Gasteiger partial charge in [0.15, 0.2) is 0 Å². The fraction of sp³-hybridized carbons (Fsp3) is 0.632. The number of methoxy groups -OCH3 is 1. The number of ether oxygens (including phenoxy) is 1. The van der Waals surface area contributed by atoms with E-state index in [4.69, 9.17) is 0 Å². The van der Waals surface area contributed by atoms with Gasteiger partial charge in [0, 0.05) is 6.54 Å². The monoisotopic (exact) mass is 307 g/mol. The zero-order chi connectivity index (χ0) is 17.0. The Labute approximate surface area is 136 Å². The van der Waals surface area contributed by atoms with Gasteiger partial charge in [0.2, 0.25) is 0 Å². The number of carbonyl (C=O) groups is 1. The first-order valence-corrected chi connectivity index (χ1v) is 8.05. The van der Waals surface area contributed by atoms with Crippen molar-refractivity contribution in [3.63, 3.8) is 0 Å². The molecule has 0 atom stereocenters. The molecule has 0 aliphatic heterocycles. The van der Waals surface area contributed by atoms with Gasteiger partial charge in [-0.1, -0.05) is 34.9 Å². The Morgan fingerprint density at radius 3 is 2.05 bits per heavy atom. The van der Waals surface area contributed by atoms with Gasteiger partial charge >= 0.3 is 5.97 Å². The Balaban J connectivity index is 4.00. The van der Waals surface area contributed by atoms with E-state index in [1.54, 1.807) is 0 Å². The number of carbonyl (C=O) groups excluding carboxylic acids is 1. The summed E-state index contributed by atoms with van der Waals surface area (Å²) in [4.78, 5) is 13.1. The summed E-state index contributed by atoms with van der Waals surface area (Å²) in [6.45, 7) is 9.77. The molecule has 3 nitrogen and oxygen atoms in total. The van der Waals surface area contributed by atoms with Gasteiger partial charge in [-0.15, -0.1) is 0 Å². The van der Waals surface area contributed by atoms with E-state index in [0.717, 1.165) is 32.2 Å². The van der Waals surface area contributed by atoms with Crippen molar-refractivity contribution in [3.8, 4) is 0 Å². The molecule has 3 heteroatoms. The van der Waals surface area contributed by atoms with E-state index in [1.807, 2.05) is 11.9 Å². The van der Waals surface area contributed by atoms with Gasteiger partial charge in [-0.2, -0.15) is 0 Å². The molecule has 0 bridgehead atoms. The van der Waals surface area contributed by atoms with E-state index in [9.17, 15) is 4.79 Å². The number of nitrogens with zero attached hydrogens (tertiary/aromatic N) is 1. The van der Waals surface area contributed by atoms with Crippen LogP contribution < -0.4 is 0 Å². The summed E-state index contributed by atoms with van der Waals surface area (Å²) in [6.07, 6.45) is 11.3. The minimum atomic E-state index is -0.191. The van der Waals surface area contributed by atoms with Gasteiger partial charge in [-0.3, -0.25) is 9.69 Å². The van der Waals surface area contributed by atoms with Crippen molar-refractivity contribution in [2.45, 2.75) is 53.4 Å². The van der Waals surface area contributed by atoms with Crippen molar-refractivity contribution >= 4 is 5.97 Å². The Morgan fingerprint density at radius 1 is 0.955 bits per heavy atom. The second-order valence-electron chi connectivity index (χ2n) is 6.23. The lowest BCUT2D eigenvalue weighted by atomic mass is 10.1. The minimum Gasteiger partial charge on any atom is -0.468 e. The van der Waals surface area contributed by atoms with Crippen LogP contribution >= 0.6 is 0 Å². The van der Waals surface area contributed by atoms with Crippen LogP contribution in [0.25, 0.3) is 0 Å². The van der Waals surface area contributed by atoms with Gasteiger partial charge in [-0.25, -0.2) is 0 Å². The lowest BCUT2D eigenvalue weighted by molar-refractivity contribution is -0.141. The Kier molecular flexibility index (Phi) is 11.5. The molecule has 0 aliphatic rings. The van der Waals surface area contributed by atoms with Gasteiger partial charge < -0.3 is 4.74 Å². The number of hydrogen-bond acceptors (Lipinski definition) is 3. The summed E-state index contributed by atoms with van der Waals surface area (Å²) in [5.74, 6) is -0.191. The van der Waals surface area contributed by atoms with Crippen LogP contribution in [0, 0.1) is 0 Å². The molecule has 0 spiro atoms. The molecule has 0 aliphatic carbocycles. The molecule has 0 radical (unpaired) electrons. The first kappa shape index (κ1) is 20.6. The number of rotatable bonds is 10. The Morgan fingerprint density at radius 2 is 1.50 bits per heavy atom. The number of likely N-dealkylation sites (N-methyl/N-ethyl adjacent to an activating group) is 1. The second kappa shape index (κ2) is 12.2. The van der Waals surface area contributed by atoms with Crippen LogP contribution in [0.2, 0.25) is 0 Å². The highest BCUT2D eigenvalue weighted by molar-refractivity contribution is 5.71. The summed E-state index contributed by atoms with van der Waals surface area (Å²) in [5, 5.41) is 0.